The molecular formula is C21H24N2O7. The molecule has 0 atom stereocenters. The van der Waals surface area contributed by atoms with Crippen LogP contribution in [0, 0.1) is 0 Å². The molecule has 0 aliphatic carbocycles. The summed E-state index contributed by atoms with van der Waals surface area (Å²) in [5.41, 5.74) is 1.08. The summed E-state index contributed by atoms with van der Waals surface area (Å²) in [5.74, 6) is -0.141. The molecule has 0 aliphatic heterocycles. The third kappa shape index (κ3) is 6.40. The molecule has 0 spiro atoms. The van der Waals surface area contributed by atoms with Crippen molar-refractivity contribution in [2.45, 2.75) is 6.54 Å². The topological polar surface area (TPSA) is 112 Å². The fraction of sp³-hybridized carbons (Fsp3) is 0.286. The van der Waals surface area contributed by atoms with Gasteiger partial charge in [-0.2, -0.15) is 0 Å². The molecule has 9 nitrogen and oxygen atoms in total. The Labute approximate surface area is 174 Å². The van der Waals surface area contributed by atoms with Crippen molar-refractivity contribution in [2.75, 3.05) is 34.5 Å². The van der Waals surface area contributed by atoms with Crippen LogP contribution in [0.4, 0.5) is 0 Å². The molecule has 2 rings (SSSR count). The minimum atomic E-state index is -0.724. The molecule has 2 aromatic rings. The highest BCUT2D eigenvalue weighted by atomic mass is 16.5. The molecule has 2 amide bonds. The quantitative estimate of drug-likeness (QED) is 0.562. The van der Waals surface area contributed by atoms with Gasteiger partial charge in [-0.25, -0.2) is 0 Å². The van der Waals surface area contributed by atoms with Gasteiger partial charge in [-0.05, 0) is 18.2 Å². The highest BCUT2D eigenvalue weighted by Gasteiger charge is 2.14. The molecule has 160 valence electrons. The monoisotopic (exact) mass is 416 g/mol. The van der Waals surface area contributed by atoms with Crippen LogP contribution in [0.1, 0.15) is 15.9 Å². The lowest BCUT2D eigenvalue weighted by Crippen LogP contribution is -2.33. The average Bonchev–Trinajstić information content (AvgIpc) is 2.79. The number of methoxy groups -OCH3 is 3. The minimum Gasteiger partial charge on any atom is -0.496 e. The zero-order valence-corrected chi connectivity index (χ0v) is 17.0. The Kier molecular flexibility index (Phi) is 8.49. The third-order valence-electron chi connectivity index (χ3n) is 4.06. The molecule has 0 saturated carbocycles. The Morgan fingerprint density at radius 3 is 2.10 bits per heavy atom. The summed E-state index contributed by atoms with van der Waals surface area (Å²) in [6.07, 6.45) is 0. The number of rotatable bonds is 10. The zero-order valence-electron chi connectivity index (χ0n) is 17.0. The summed E-state index contributed by atoms with van der Waals surface area (Å²) in [6.45, 7) is -0.690. The molecule has 0 radical (unpaired) electrons. The van der Waals surface area contributed by atoms with Crippen molar-refractivity contribution in [3.05, 3.63) is 53.6 Å². The van der Waals surface area contributed by atoms with Crippen molar-refractivity contribution >= 4 is 17.8 Å². The Bertz CT molecular complexity index is 884. The number of carbonyl (C=O) groups excluding carboxylic acids is 3. The van der Waals surface area contributed by atoms with Crippen molar-refractivity contribution < 1.29 is 33.3 Å². The first kappa shape index (κ1) is 22.5. The van der Waals surface area contributed by atoms with Crippen molar-refractivity contribution in [3.8, 4) is 17.2 Å². The molecular weight excluding hydrogens is 392 g/mol. The van der Waals surface area contributed by atoms with E-state index in [0.29, 0.717) is 28.4 Å². The van der Waals surface area contributed by atoms with Crippen LogP contribution in [0.3, 0.4) is 0 Å². The van der Waals surface area contributed by atoms with E-state index in [4.69, 9.17) is 18.9 Å². The van der Waals surface area contributed by atoms with Crippen LogP contribution < -0.4 is 24.8 Å². The van der Waals surface area contributed by atoms with Gasteiger partial charge in [-0.15, -0.1) is 0 Å². The molecule has 0 heterocycles. The molecule has 2 aromatic carbocycles. The van der Waals surface area contributed by atoms with E-state index in [-0.39, 0.29) is 13.1 Å². The molecule has 0 saturated heterocycles. The second-order valence-electron chi connectivity index (χ2n) is 6.01. The summed E-state index contributed by atoms with van der Waals surface area (Å²) in [7, 11) is 4.51. The van der Waals surface area contributed by atoms with Crippen LogP contribution >= 0.6 is 0 Å². The van der Waals surface area contributed by atoms with Crippen molar-refractivity contribution in [3.63, 3.8) is 0 Å². The van der Waals surface area contributed by atoms with Gasteiger partial charge in [-0.3, -0.25) is 14.4 Å². The maximum Gasteiger partial charge on any atom is 0.325 e. The highest BCUT2D eigenvalue weighted by Crippen LogP contribution is 2.34. The van der Waals surface area contributed by atoms with Crippen LogP contribution in [-0.4, -0.2) is 52.3 Å². The number of esters is 1. The molecule has 0 aliphatic rings. The number of benzene rings is 2. The summed E-state index contributed by atoms with van der Waals surface area (Å²) in [4.78, 5) is 35.6. The second kappa shape index (κ2) is 11.3. The van der Waals surface area contributed by atoms with E-state index in [2.05, 4.69) is 10.6 Å². The number of carbonyl (C=O) groups is 3. The Hall–Kier alpha value is -3.75. The van der Waals surface area contributed by atoms with Crippen LogP contribution in [-0.2, 0) is 20.9 Å². The maximum absolute atomic E-state index is 12.0. The summed E-state index contributed by atoms with van der Waals surface area (Å²) in [5, 5.41) is 5.06. The predicted octanol–water partition coefficient (Wildman–Crippen LogP) is 1.30. The number of ether oxygens (including phenoxy) is 4. The van der Waals surface area contributed by atoms with Gasteiger partial charge in [0.15, 0.2) is 18.1 Å². The Balaban J connectivity index is 1.79. The number of nitrogens with one attached hydrogen (secondary N) is 2. The molecule has 0 fully saturated rings. The van der Waals surface area contributed by atoms with Gasteiger partial charge in [-0.1, -0.05) is 18.2 Å². The lowest BCUT2D eigenvalue weighted by Gasteiger charge is -2.14. The summed E-state index contributed by atoms with van der Waals surface area (Å²) < 4.78 is 20.6. The third-order valence-corrected chi connectivity index (χ3v) is 4.06. The SMILES string of the molecule is COc1cc(OC)c(OC)cc1CNC(=O)COC(=O)CNC(=O)c1ccccc1. The van der Waals surface area contributed by atoms with E-state index in [1.54, 1.807) is 42.5 Å². The van der Waals surface area contributed by atoms with Gasteiger partial charge in [0.2, 0.25) is 0 Å². The van der Waals surface area contributed by atoms with E-state index in [1.807, 2.05) is 0 Å². The first-order valence-electron chi connectivity index (χ1n) is 9.03. The van der Waals surface area contributed by atoms with Crippen molar-refractivity contribution in [2.24, 2.45) is 0 Å². The van der Waals surface area contributed by atoms with Crippen molar-refractivity contribution in [1.82, 2.24) is 10.6 Å². The lowest BCUT2D eigenvalue weighted by molar-refractivity contribution is -0.147. The van der Waals surface area contributed by atoms with Crippen LogP contribution in [0.15, 0.2) is 42.5 Å². The molecule has 9 heteroatoms. The molecule has 2 N–H and O–H groups in total. The first-order chi connectivity index (χ1) is 14.5. The molecule has 0 aromatic heterocycles. The Morgan fingerprint density at radius 2 is 1.47 bits per heavy atom. The largest absolute Gasteiger partial charge is 0.496 e. The fourth-order valence-corrected chi connectivity index (χ4v) is 2.52. The van der Waals surface area contributed by atoms with Crippen molar-refractivity contribution in [1.29, 1.82) is 0 Å². The van der Waals surface area contributed by atoms with Crippen LogP contribution in [0.2, 0.25) is 0 Å². The van der Waals surface area contributed by atoms with E-state index in [1.165, 1.54) is 21.3 Å². The molecule has 0 bridgehead atoms. The smallest absolute Gasteiger partial charge is 0.325 e. The van der Waals surface area contributed by atoms with Crippen LogP contribution in [0.25, 0.3) is 0 Å². The molecule has 30 heavy (non-hydrogen) atoms. The number of hydrogen-bond donors (Lipinski definition) is 2. The normalized spacial score (nSPS) is 9.97. The van der Waals surface area contributed by atoms with Crippen LogP contribution in [0.5, 0.6) is 17.2 Å². The lowest BCUT2D eigenvalue weighted by atomic mass is 10.1. The second-order valence-corrected chi connectivity index (χ2v) is 6.01. The molecule has 0 unspecified atom stereocenters. The Morgan fingerprint density at radius 1 is 0.833 bits per heavy atom. The zero-order chi connectivity index (χ0) is 21.9. The summed E-state index contributed by atoms with van der Waals surface area (Å²) >= 11 is 0. The predicted molar refractivity (Wildman–Crippen MR) is 108 cm³/mol. The first-order valence-corrected chi connectivity index (χ1v) is 9.03. The van der Waals surface area contributed by atoms with E-state index in [9.17, 15) is 14.4 Å². The fourth-order valence-electron chi connectivity index (χ4n) is 2.52. The van der Waals surface area contributed by atoms with Gasteiger partial charge < -0.3 is 29.6 Å². The summed E-state index contributed by atoms with van der Waals surface area (Å²) in [6, 6.07) is 11.8. The van der Waals surface area contributed by atoms with Gasteiger partial charge in [0.25, 0.3) is 11.8 Å². The maximum atomic E-state index is 12.0. The number of amides is 2. The average molecular weight is 416 g/mol. The van der Waals surface area contributed by atoms with Gasteiger partial charge in [0, 0.05) is 23.7 Å². The van der Waals surface area contributed by atoms with E-state index in [0.717, 1.165) is 0 Å². The van der Waals surface area contributed by atoms with Gasteiger partial charge in [0.1, 0.15) is 12.3 Å². The standard InChI is InChI=1S/C21H24N2O7/c1-27-16-10-18(29-3)17(28-2)9-15(16)11-22-19(24)13-30-20(25)12-23-21(26)14-7-5-4-6-8-14/h4-10H,11-13H2,1-3H3,(H,22,24)(H,23,26). The van der Waals surface area contributed by atoms with Gasteiger partial charge >= 0.3 is 5.97 Å². The van der Waals surface area contributed by atoms with Gasteiger partial charge in [0.05, 0.1) is 21.3 Å². The highest BCUT2D eigenvalue weighted by molar-refractivity contribution is 5.96. The van der Waals surface area contributed by atoms with E-state index < -0.39 is 24.4 Å². The number of hydrogen-bond acceptors (Lipinski definition) is 7. The minimum absolute atomic E-state index is 0.130. The van der Waals surface area contributed by atoms with E-state index >= 15 is 0 Å².